The topological polar surface area (TPSA) is 141 Å². The number of rotatable bonds is 12. The molecule has 210 valence electrons. The van der Waals surface area contributed by atoms with E-state index in [-0.39, 0.29) is 31.8 Å². The van der Waals surface area contributed by atoms with Gasteiger partial charge >= 0.3 is 6.09 Å². The Morgan fingerprint density at radius 2 is 1.88 bits per heavy atom. The van der Waals surface area contributed by atoms with E-state index in [1.807, 2.05) is 13.0 Å². The normalized spacial score (nSPS) is 13.4. The molecule has 0 fully saturated rings. The molecule has 2 atom stereocenters. The summed E-state index contributed by atoms with van der Waals surface area (Å²) in [6.07, 6.45) is 3.19. The van der Waals surface area contributed by atoms with E-state index in [9.17, 15) is 9.59 Å². The van der Waals surface area contributed by atoms with Crippen molar-refractivity contribution in [3.8, 4) is 17.2 Å². The summed E-state index contributed by atoms with van der Waals surface area (Å²) in [5, 5.41) is 14.6. The van der Waals surface area contributed by atoms with Crippen LogP contribution in [0.3, 0.4) is 0 Å². The smallest absolute Gasteiger partial charge is 0.412 e. The molecule has 0 spiro atoms. The van der Waals surface area contributed by atoms with Gasteiger partial charge in [-0.15, -0.1) is 0 Å². The second-order valence-electron chi connectivity index (χ2n) is 9.20. The first kappa shape index (κ1) is 28.3. The third kappa shape index (κ3) is 7.90. The molecule has 0 aliphatic carbocycles. The van der Waals surface area contributed by atoms with E-state index in [0.717, 1.165) is 5.56 Å². The van der Waals surface area contributed by atoms with Crippen molar-refractivity contribution in [1.29, 1.82) is 0 Å². The first-order valence-electron chi connectivity index (χ1n) is 13.0. The average molecular weight is 548 g/mol. The van der Waals surface area contributed by atoms with E-state index >= 15 is 0 Å². The number of hydrogen-bond donors (Lipinski definition) is 4. The van der Waals surface area contributed by atoms with Crippen LogP contribution in [0.4, 0.5) is 21.9 Å². The van der Waals surface area contributed by atoms with Gasteiger partial charge in [0, 0.05) is 11.8 Å². The molecule has 10 heteroatoms. The van der Waals surface area contributed by atoms with Crippen molar-refractivity contribution in [2.24, 2.45) is 5.92 Å². The lowest BCUT2D eigenvalue weighted by atomic mass is 9.93. The van der Waals surface area contributed by atoms with Crippen LogP contribution in [0.2, 0.25) is 0 Å². The minimum absolute atomic E-state index is 0.116. The Morgan fingerprint density at radius 3 is 2.70 bits per heavy atom. The quantitative estimate of drug-likeness (QED) is 0.178. The van der Waals surface area contributed by atoms with E-state index in [4.69, 9.17) is 29.8 Å². The summed E-state index contributed by atoms with van der Waals surface area (Å²) < 4.78 is 22.2. The number of para-hydroxylation sites is 2. The first-order chi connectivity index (χ1) is 19.4. The highest BCUT2D eigenvalue weighted by Gasteiger charge is 2.24. The summed E-state index contributed by atoms with van der Waals surface area (Å²) in [4.78, 5) is 25.2. The number of aliphatic hydroxyl groups excluding tert-OH is 1. The van der Waals surface area contributed by atoms with Gasteiger partial charge in [0.1, 0.15) is 18.5 Å². The number of hydrogen-bond acceptors (Lipinski definition) is 8. The number of allylic oxidation sites excluding steroid dienone is 1. The van der Waals surface area contributed by atoms with E-state index in [1.54, 1.807) is 66.7 Å². The Morgan fingerprint density at radius 1 is 1.05 bits per heavy atom. The lowest BCUT2D eigenvalue weighted by Gasteiger charge is -2.25. The molecule has 3 aromatic rings. The van der Waals surface area contributed by atoms with Crippen LogP contribution in [0.5, 0.6) is 17.2 Å². The number of anilines is 3. The summed E-state index contributed by atoms with van der Waals surface area (Å²) in [6, 6.07) is 19.4. The van der Waals surface area contributed by atoms with Crippen LogP contribution in [-0.4, -0.2) is 37.1 Å². The van der Waals surface area contributed by atoms with Gasteiger partial charge in [-0.25, -0.2) is 4.79 Å². The number of carbonyl (C=O) groups excluding carboxylic acids is 2. The van der Waals surface area contributed by atoms with Crippen molar-refractivity contribution < 1.29 is 33.6 Å². The van der Waals surface area contributed by atoms with Gasteiger partial charge in [0.15, 0.2) is 11.5 Å². The predicted molar refractivity (Wildman–Crippen MR) is 151 cm³/mol. The molecule has 1 heterocycles. The molecule has 0 saturated heterocycles. The zero-order valence-electron chi connectivity index (χ0n) is 22.2. The molecule has 4 rings (SSSR count). The highest BCUT2D eigenvalue weighted by Crippen LogP contribution is 2.35. The van der Waals surface area contributed by atoms with Crippen LogP contribution >= 0.6 is 0 Å². The molecule has 5 N–H and O–H groups in total. The minimum atomic E-state index is -0.632. The highest BCUT2D eigenvalue weighted by atomic mass is 16.7. The summed E-state index contributed by atoms with van der Waals surface area (Å²) in [5.74, 6) is 1.31. The van der Waals surface area contributed by atoms with E-state index in [0.29, 0.717) is 47.2 Å². The van der Waals surface area contributed by atoms with Gasteiger partial charge in [0.05, 0.1) is 18.0 Å². The van der Waals surface area contributed by atoms with E-state index < -0.39 is 12.2 Å². The van der Waals surface area contributed by atoms with Crippen molar-refractivity contribution in [2.75, 3.05) is 36.4 Å². The molecule has 0 saturated carbocycles. The number of ether oxygens (including phenoxy) is 4. The number of nitrogens with two attached hydrogens (primary N) is 1. The Bertz CT molecular complexity index is 1340. The molecule has 1 aliphatic heterocycles. The Labute approximate surface area is 232 Å². The van der Waals surface area contributed by atoms with Crippen molar-refractivity contribution in [1.82, 2.24) is 0 Å². The van der Waals surface area contributed by atoms with Crippen LogP contribution < -0.4 is 30.6 Å². The van der Waals surface area contributed by atoms with Crippen LogP contribution in [0, 0.1) is 5.92 Å². The molecule has 0 radical (unpaired) electrons. The van der Waals surface area contributed by atoms with Crippen LogP contribution in [0.1, 0.15) is 31.4 Å². The van der Waals surface area contributed by atoms with E-state index in [1.165, 1.54) is 6.08 Å². The first-order valence-corrected chi connectivity index (χ1v) is 13.0. The SMILES string of the molecule is C[C@H](CC/C=C/C(=O)Nc1ccccc1N)[C@H](OC(=O)Nc1ccc2c(c1)OCO2)c1cccc(OCCO)c1. The van der Waals surface area contributed by atoms with Gasteiger partial charge in [-0.3, -0.25) is 10.1 Å². The fourth-order valence-corrected chi connectivity index (χ4v) is 4.18. The van der Waals surface area contributed by atoms with Crippen molar-refractivity contribution in [3.63, 3.8) is 0 Å². The molecule has 0 aromatic heterocycles. The van der Waals surface area contributed by atoms with E-state index in [2.05, 4.69) is 10.6 Å². The number of fused-ring (bicyclic) bond motifs is 1. The third-order valence-electron chi connectivity index (χ3n) is 6.19. The molecule has 40 heavy (non-hydrogen) atoms. The highest BCUT2D eigenvalue weighted by molar-refractivity contribution is 6.01. The maximum atomic E-state index is 12.9. The number of carbonyl (C=O) groups is 2. The molecule has 1 aliphatic rings. The largest absolute Gasteiger partial charge is 0.491 e. The monoisotopic (exact) mass is 547 g/mol. The second kappa shape index (κ2) is 13.9. The number of amides is 2. The van der Waals surface area contributed by atoms with Gasteiger partial charge in [-0.2, -0.15) is 0 Å². The number of nitrogens with one attached hydrogen (secondary N) is 2. The molecular weight excluding hydrogens is 514 g/mol. The number of nitrogen functional groups attached to an aromatic ring is 1. The fourth-order valence-electron chi connectivity index (χ4n) is 4.18. The fraction of sp³-hybridized carbons (Fsp3) is 0.267. The average Bonchev–Trinajstić information content (AvgIpc) is 3.42. The van der Waals surface area contributed by atoms with Gasteiger partial charge < -0.3 is 35.1 Å². The molecule has 0 bridgehead atoms. The molecule has 0 unspecified atom stereocenters. The van der Waals surface area contributed by atoms with Crippen molar-refractivity contribution in [3.05, 3.63) is 84.4 Å². The Hall–Kier alpha value is -4.70. The van der Waals surface area contributed by atoms with Gasteiger partial charge in [-0.05, 0) is 66.8 Å². The standard InChI is InChI=1S/C30H33N3O7/c1-20(7-2-5-12-28(35)33-25-11-4-3-10-24(25)31)29(21-8-6-9-23(17-21)37-16-15-34)40-30(36)32-22-13-14-26-27(18-22)39-19-38-26/h3-6,8-14,17-18,20,29,34H,2,7,15-16,19,31H2,1H3,(H,32,36)(H,33,35)/b12-5+/t20-,29+/m1/s1. The predicted octanol–water partition coefficient (Wildman–Crippen LogP) is 5.27. The molecule has 2 amide bonds. The third-order valence-corrected chi connectivity index (χ3v) is 6.19. The lowest BCUT2D eigenvalue weighted by Crippen LogP contribution is -2.22. The summed E-state index contributed by atoms with van der Waals surface area (Å²) in [6.45, 7) is 2.14. The number of benzene rings is 3. The van der Waals surface area contributed by atoms with Crippen molar-refractivity contribution >= 4 is 29.1 Å². The minimum Gasteiger partial charge on any atom is -0.491 e. The van der Waals surface area contributed by atoms with Crippen LogP contribution in [-0.2, 0) is 9.53 Å². The second-order valence-corrected chi connectivity index (χ2v) is 9.20. The molecule has 10 nitrogen and oxygen atoms in total. The van der Waals surface area contributed by atoms with Gasteiger partial charge in [0.2, 0.25) is 12.7 Å². The van der Waals surface area contributed by atoms with Crippen LogP contribution in [0.25, 0.3) is 0 Å². The Balaban J connectivity index is 1.40. The maximum absolute atomic E-state index is 12.9. The lowest BCUT2D eigenvalue weighted by molar-refractivity contribution is -0.111. The summed E-state index contributed by atoms with van der Waals surface area (Å²) >= 11 is 0. The number of aliphatic hydroxyl groups is 1. The van der Waals surface area contributed by atoms with Crippen LogP contribution in [0.15, 0.2) is 78.9 Å². The van der Waals surface area contributed by atoms with Gasteiger partial charge in [-0.1, -0.05) is 37.3 Å². The zero-order chi connectivity index (χ0) is 28.3. The zero-order valence-corrected chi connectivity index (χ0v) is 22.2. The Kier molecular flexibility index (Phi) is 9.84. The molecule has 3 aromatic carbocycles. The maximum Gasteiger partial charge on any atom is 0.412 e. The summed E-state index contributed by atoms with van der Waals surface area (Å²) in [5.41, 5.74) is 8.17. The molecular formula is C30H33N3O7. The summed E-state index contributed by atoms with van der Waals surface area (Å²) in [7, 11) is 0. The van der Waals surface area contributed by atoms with Crippen molar-refractivity contribution in [2.45, 2.75) is 25.9 Å². The van der Waals surface area contributed by atoms with Gasteiger partial charge in [0.25, 0.3) is 0 Å².